The van der Waals surface area contributed by atoms with Gasteiger partial charge in [0.2, 0.25) is 0 Å². The topological polar surface area (TPSA) is 114 Å². The maximum absolute atomic E-state index is 12.6. The Bertz CT molecular complexity index is 1300. The molecule has 0 unspecified atom stereocenters. The van der Waals surface area contributed by atoms with Gasteiger partial charge in [0, 0.05) is 23.2 Å². The number of hydrogen-bond donors (Lipinski definition) is 1. The predicted molar refractivity (Wildman–Crippen MR) is 144 cm³/mol. The first-order chi connectivity index (χ1) is 17.9. The molecule has 0 saturated heterocycles. The SMILES string of the molecule is CCOc1cc(/C=C(/C#N)C(=O)NCCCc2ccccc2)c(Br)cc1OCc1ccc([N+](=O)[O-])cc1. The molecule has 0 aliphatic rings. The number of rotatable bonds is 12. The fourth-order valence-corrected chi connectivity index (χ4v) is 3.89. The zero-order chi connectivity index (χ0) is 26.6. The molecule has 0 spiro atoms. The second-order valence-electron chi connectivity index (χ2n) is 7.98. The van der Waals surface area contributed by atoms with E-state index >= 15 is 0 Å². The number of hydrogen-bond acceptors (Lipinski definition) is 6. The number of ether oxygens (including phenoxy) is 2. The minimum atomic E-state index is -0.457. The van der Waals surface area contributed by atoms with Gasteiger partial charge in [-0.2, -0.15) is 5.26 Å². The maximum atomic E-state index is 12.6. The zero-order valence-electron chi connectivity index (χ0n) is 20.3. The highest BCUT2D eigenvalue weighted by molar-refractivity contribution is 9.10. The Morgan fingerprint density at radius 1 is 1.08 bits per heavy atom. The monoisotopic (exact) mass is 563 g/mol. The number of nitro benzene ring substituents is 1. The van der Waals surface area contributed by atoms with Crippen LogP contribution in [0.1, 0.15) is 30.0 Å². The average Bonchev–Trinajstić information content (AvgIpc) is 2.91. The second-order valence-corrected chi connectivity index (χ2v) is 8.83. The summed E-state index contributed by atoms with van der Waals surface area (Å²) in [7, 11) is 0. The molecular weight excluding hydrogens is 538 g/mol. The van der Waals surface area contributed by atoms with Gasteiger partial charge in [0.25, 0.3) is 11.6 Å². The van der Waals surface area contributed by atoms with E-state index in [2.05, 4.69) is 21.2 Å². The van der Waals surface area contributed by atoms with Crippen LogP contribution in [0.15, 0.2) is 76.8 Å². The molecule has 0 radical (unpaired) electrons. The summed E-state index contributed by atoms with van der Waals surface area (Å²) in [5.74, 6) is 0.450. The summed E-state index contributed by atoms with van der Waals surface area (Å²) in [6, 6.07) is 21.4. The van der Waals surface area contributed by atoms with Crippen molar-refractivity contribution in [2.75, 3.05) is 13.2 Å². The summed E-state index contributed by atoms with van der Waals surface area (Å²) in [5, 5.41) is 23.2. The molecule has 9 heteroatoms. The number of nitrogens with one attached hydrogen (secondary N) is 1. The maximum Gasteiger partial charge on any atom is 0.269 e. The fraction of sp³-hybridized carbons (Fsp3) is 0.214. The molecule has 8 nitrogen and oxygen atoms in total. The summed E-state index contributed by atoms with van der Waals surface area (Å²) in [6.45, 7) is 2.84. The second kappa shape index (κ2) is 13.8. The summed E-state index contributed by atoms with van der Waals surface area (Å²) < 4.78 is 12.2. The number of carbonyl (C=O) groups excluding carboxylic acids is 1. The Kier molecular flexibility index (Phi) is 10.2. The summed E-state index contributed by atoms with van der Waals surface area (Å²) in [5.41, 5.74) is 2.51. The molecule has 0 aliphatic carbocycles. The van der Waals surface area contributed by atoms with Crippen molar-refractivity contribution in [1.29, 1.82) is 5.26 Å². The van der Waals surface area contributed by atoms with E-state index in [1.807, 2.05) is 43.3 Å². The van der Waals surface area contributed by atoms with Gasteiger partial charge in [-0.15, -0.1) is 0 Å². The van der Waals surface area contributed by atoms with E-state index in [0.717, 1.165) is 18.4 Å². The molecule has 0 bridgehead atoms. The van der Waals surface area contributed by atoms with Crippen LogP contribution in [0.4, 0.5) is 5.69 Å². The molecule has 0 aromatic heterocycles. The number of amides is 1. The van der Waals surface area contributed by atoms with Gasteiger partial charge in [-0.3, -0.25) is 14.9 Å². The molecule has 3 aromatic carbocycles. The molecule has 3 rings (SSSR count). The molecule has 190 valence electrons. The van der Waals surface area contributed by atoms with Crippen molar-refractivity contribution in [1.82, 2.24) is 5.32 Å². The average molecular weight is 564 g/mol. The lowest BCUT2D eigenvalue weighted by Gasteiger charge is -2.14. The first-order valence-electron chi connectivity index (χ1n) is 11.7. The third-order valence-electron chi connectivity index (χ3n) is 5.34. The number of halogens is 1. The van der Waals surface area contributed by atoms with Crippen LogP contribution in [-0.4, -0.2) is 24.0 Å². The van der Waals surface area contributed by atoms with E-state index in [1.165, 1.54) is 23.8 Å². The Morgan fingerprint density at radius 2 is 1.78 bits per heavy atom. The fourth-order valence-electron chi connectivity index (χ4n) is 3.46. The van der Waals surface area contributed by atoms with Crippen molar-refractivity contribution < 1.29 is 19.2 Å². The number of nitrogens with zero attached hydrogens (tertiary/aromatic N) is 2. The number of nitriles is 1. The van der Waals surface area contributed by atoms with E-state index in [9.17, 15) is 20.2 Å². The van der Waals surface area contributed by atoms with E-state index in [1.54, 1.807) is 24.3 Å². The van der Waals surface area contributed by atoms with Crippen LogP contribution in [0.2, 0.25) is 0 Å². The lowest BCUT2D eigenvalue weighted by Crippen LogP contribution is -2.25. The minimum absolute atomic E-state index is 0.00571. The van der Waals surface area contributed by atoms with E-state index < -0.39 is 10.8 Å². The van der Waals surface area contributed by atoms with Crippen molar-refractivity contribution in [2.24, 2.45) is 0 Å². The number of benzene rings is 3. The molecule has 0 fully saturated rings. The number of aryl methyl sites for hydroxylation is 1. The van der Waals surface area contributed by atoms with Crippen LogP contribution in [0.25, 0.3) is 6.08 Å². The third-order valence-corrected chi connectivity index (χ3v) is 6.03. The van der Waals surface area contributed by atoms with Gasteiger partial charge in [0.05, 0.1) is 11.5 Å². The third kappa shape index (κ3) is 8.19. The zero-order valence-corrected chi connectivity index (χ0v) is 21.9. The van der Waals surface area contributed by atoms with E-state index in [0.29, 0.717) is 34.7 Å². The molecule has 37 heavy (non-hydrogen) atoms. The van der Waals surface area contributed by atoms with Crippen molar-refractivity contribution in [3.63, 3.8) is 0 Å². The van der Waals surface area contributed by atoms with Gasteiger partial charge in [0.1, 0.15) is 18.2 Å². The molecule has 1 amide bonds. The molecule has 0 atom stereocenters. The predicted octanol–water partition coefficient (Wildman–Crippen LogP) is 5.99. The lowest BCUT2D eigenvalue weighted by molar-refractivity contribution is -0.384. The Morgan fingerprint density at radius 3 is 2.43 bits per heavy atom. The molecule has 1 N–H and O–H groups in total. The van der Waals surface area contributed by atoms with Crippen LogP contribution in [-0.2, 0) is 17.8 Å². The van der Waals surface area contributed by atoms with Crippen LogP contribution in [0.5, 0.6) is 11.5 Å². The highest BCUT2D eigenvalue weighted by Gasteiger charge is 2.14. The number of carbonyl (C=O) groups is 1. The lowest BCUT2D eigenvalue weighted by atomic mass is 10.1. The normalized spacial score (nSPS) is 10.9. The van der Waals surface area contributed by atoms with Crippen molar-refractivity contribution in [3.8, 4) is 17.6 Å². The minimum Gasteiger partial charge on any atom is -0.490 e. The summed E-state index contributed by atoms with van der Waals surface area (Å²) >= 11 is 3.48. The smallest absolute Gasteiger partial charge is 0.269 e. The molecule has 0 heterocycles. The number of non-ortho nitro benzene ring substituents is 1. The van der Waals surface area contributed by atoms with E-state index in [4.69, 9.17) is 9.47 Å². The van der Waals surface area contributed by atoms with Crippen LogP contribution in [0, 0.1) is 21.4 Å². The van der Waals surface area contributed by atoms with Gasteiger partial charge >= 0.3 is 0 Å². The van der Waals surface area contributed by atoms with Crippen molar-refractivity contribution in [3.05, 3.63) is 104 Å². The Balaban J connectivity index is 1.68. The van der Waals surface area contributed by atoms with Gasteiger partial charge in [0.15, 0.2) is 11.5 Å². The van der Waals surface area contributed by atoms with Gasteiger partial charge in [-0.1, -0.05) is 46.3 Å². The Hall–Kier alpha value is -4.16. The van der Waals surface area contributed by atoms with E-state index in [-0.39, 0.29) is 17.9 Å². The standard InChI is InChI=1S/C28H26BrN3O5/c1-2-36-26-16-22(15-23(18-30)28(33)31-14-6-9-20-7-4-3-5-8-20)25(29)17-27(26)37-19-21-10-12-24(13-11-21)32(34)35/h3-5,7-8,10-13,15-17H,2,6,9,14,19H2,1H3,(H,31,33)/b23-15-. The first-order valence-corrected chi connectivity index (χ1v) is 12.5. The number of nitro groups is 1. The Labute approximate surface area is 223 Å². The molecular formula is C28H26BrN3O5. The van der Waals surface area contributed by atoms with Crippen molar-refractivity contribution >= 4 is 33.6 Å². The van der Waals surface area contributed by atoms with Crippen LogP contribution in [0.3, 0.4) is 0 Å². The molecule has 3 aromatic rings. The van der Waals surface area contributed by atoms with Crippen molar-refractivity contribution in [2.45, 2.75) is 26.4 Å². The van der Waals surface area contributed by atoms with Gasteiger partial charge in [-0.25, -0.2) is 0 Å². The van der Waals surface area contributed by atoms with Crippen LogP contribution >= 0.6 is 15.9 Å². The highest BCUT2D eigenvalue weighted by Crippen LogP contribution is 2.35. The quantitative estimate of drug-likeness (QED) is 0.0950. The highest BCUT2D eigenvalue weighted by atomic mass is 79.9. The van der Waals surface area contributed by atoms with Gasteiger partial charge < -0.3 is 14.8 Å². The summed E-state index contributed by atoms with van der Waals surface area (Å²) in [6.07, 6.45) is 3.09. The van der Waals surface area contributed by atoms with Gasteiger partial charge in [-0.05, 0) is 66.8 Å². The van der Waals surface area contributed by atoms with Crippen LogP contribution < -0.4 is 14.8 Å². The largest absolute Gasteiger partial charge is 0.490 e. The first kappa shape index (κ1) is 27.4. The summed E-state index contributed by atoms with van der Waals surface area (Å²) in [4.78, 5) is 23.0. The molecule has 0 saturated carbocycles. The molecule has 0 aliphatic heterocycles.